The first-order chi connectivity index (χ1) is 12.6. The largest absolute Gasteiger partial charge is 0.334 e. The van der Waals surface area contributed by atoms with E-state index in [0.717, 1.165) is 50.3 Å². The molecule has 6 nitrogen and oxygen atoms in total. The second kappa shape index (κ2) is 9.25. The summed E-state index contributed by atoms with van der Waals surface area (Å²) < 4.78 is 2.11. The number of carbonyl (C=O) groups is 1. The van der Waals surface area contributed by atoms with Crippen molar-refractivity contribution in [2.75, 3.05) is 13.1 Å². The smallest absolute Gasteiger partial charge is 0.273 e. The number of rotatable bonds is 5. The summed E-state index contributed by atoms with van der Waals surface area (Å²) >= 11 is 0. The molecule has 2 aliphatic rings. The Morgan fingerprint density at radius 2 is 2.04 bits per heavy atom. The van der Waals surface area contributed by atoms with Crippen molar-refractivity contribution in [3.63, 3.8) is 0 Å². The van der Waals surface area contributed by atoms with Crippen molar-refractivity contribution in [1.82, 2.24) is 24.8 Å². The summed E-state index contributed by atoms with van der Waals surface area (Å²) in [6.07, 6.45) is 8.89. The Morgan fingerprint density at radius 1 is 1.29 bits per heavy atom. The molecule has 1 unspecified atom stereocenters. The molecule has 0 radical (unpaired) electrons. The lowest BCUT2D eigenvalue weighted by Gasteiger charge is -2.29. The molecule has 1 saturated carbocycles. The van der Waals surface area contributed by atoms with E-state index < -0.39 is 0 Å². The van der Waals surface area contributed by atoms with Crippen molar-refractivity contribution in [1.29, 1.82) is 0 Å². The van der Waals surface area contributed by atoms with Gasteiger partial charge in [0.15, 0.2) is 0 Å². The number of imidazole rings is 1. The van der Waals surface area contributed by atoms with Crippen LogP contribution in [0.3, 0.4) is 0 Å². The Labute approximate surface area is 178 Å². The third kappa shape index (κ3) is 4.19. The van der Waals surface area contributed by atoms with E-state index in [1.165, 1.54) is 0 Å². The van der Waals surface area contributed by atoms with Gasteiger partial charge in [0.25, 0.3) is 5.91 Å². The van der Waals surface area contributed by atoms with Gasteiger partial charge in [-0.3, -0.25) is 9.78 Å². The molecule has 154 valence electrons. The molecule has 8 heteroatoms. The Kier molecular flexibility index (Phi) is 7.48. The molecular weight excluding hydrogens is 397 g/mol. The highest BCUT2D eigenvalue weighted by Gasteiger charge is 2.58. The van der Waals surface area contributed by atoms with Crippen LogP contribution in [0, 0.1) is 12.3 Å². The van der Waals surface area contributed by atoms with Crippen molar-refractivity contribution < 1.29 is 4.79 Å². The first-order valence-electron chi connectivity index (χ1n) is 9.58. The Balaban J connectivity index is 0.00000140. The third-order valence-electron chi connectivity index (χ3n) is 6.05. The van der Waals surface area contributed by atoms with Crippen LogP contribution >= 0.6 is 24.8 Å². The second-order valence-corrected chi connectivity index (χ2v) is 7.56. The minimum Gasteiger partial charge on any atom is -0.334 e. The van der Waals surface area contributed by atoms with Crippen LogP contribution in [0.25, 0.3) is 0 Å². The lowest BCUT2D eigenvalue weighted by atomic mass is 9.93. The zero-order chi connectivity index (χ0) is 18.1. The van der Waals surface area contributed by atoms with E-state index in [0.29, 0.717) is 18.3 Å². The number of carbonyl (C=O) groups excluding carboxylic acids is 1. The average Bonchev–Trinajstić information content (AvgIpc) is 3.14. The quantitative estimate of drug-likeness (QED) is 0.798. The number of aromatic nitrogens is 3. The maximum absolute atomic E-state index is 13.4. The fraction of sp³-hybridized carbons (Fsp3) is 0.550. The third-order valence-corrected chi connectivity index (χ3v) is 6.05. The van der Waals surface area contributed by atoms with Gasteiger partial charge in [0.05, 0.1) is 6.54 Å². The maximum atomic E-state index is 13.4. The number of nitrogens with one attached hydrogen (secondary N) is 1. The van der Waals surface area contributed by atoms with Gasteiger partial charge in [-0.25, -0.2) is 4.98 Å². The number of nitrogens with zero attached hydrogens (tertiary/aromatic N) is 4. The van der Waals surface area contributed by atoms with Gasteiger partial charge in [-0.15, -0.1) is 24.8 Å². The molecule has 0 aromatic carbocycles. The molecular formula is C20H29Cl2N5O. The Morgan fingerprint density at radius 3 is 2.71 bits per heavy atom. The molecule has 1 amide bonds. The molecule has 28 heavy (non-hydrogen) atoms. The van der Waals surface area contributed by atoms with Crippen LogP contribution in [0.15, 0.2) is 30.7 Å². The van der Waals surface area contributed by atoms with Gasteiger partial charge in [-0.1, -0.05) is 6.07 Å². The van der Waals surface area contributed by atoms with Crippen LogP contribution in [0.4, 0.5) is 0 Å². The number of piperidine rings is 1. The van der Waals surface area contributed by atoms with E-state index in [2.05, 4.69) is 26.8 Å². The van der Waals surface area contributed by atoms with Gasteiger partial charge in [-0.05, 0) is 63.2 Å². The van der Waals surface area contributed by atoms with Gasteiger partial charge < -0.3 is 14.8 Å². The topological polar surface area (TPSA) is 63.1 Å². The summed E-state index contributed by atoms with van der Waals surface area (Å²) in [5.41, 5.74) is 1.78. The zero-order valence-electron chi connectivity index (χ0n) is 16.4. The molecule has 3 heterocycles. The van der Waals surface area contributed by atoms with Crippen LogP contribution in [0.2, 0.25) is 0 Å². The van der Waals surface area contributed by atoms with E-state index >= 15 is 0 Å². The molecule has 4 rings (SSSR count). The predicted molar refractivity (Wildman–Crippen MR) is 114 cm³/mol. The second-order valence-electron chi connectivity index (χ2n) is 7.56. The van der Waals surface area contributed by atoms with E-state index in [1.807, 2.05) is 36.4 Å². The lowest BCUT2D eigenvalue weighted by molar-refractivity contribution is 0.0678. The number of pyridine rings is 1. The summed E-state index contributed by atoms with van der Waals surface area (Å²) in [5, 5.41) is 3.44. The fourth-order valence-corrected chi connectivity index (χ4v) is 4.33. The first-order valence-corrected chi connectivity index (χ1v) is 9.58. The summed E-state index contributed by atoms with van der Waals surface area (Å²) in [7, 11) is 0. The average molecular weight is 426 g/mol. The highest BCUT2D eigenvalue weighted by Crippen LogP contribution is 2.56. The molecule has 1 atom stereocenters. The first kappa shape index (κ1) is 22.7. The van der Waals surface area contributed by atoms with Crippen LogP contribution in [-0.2, 0) is 13.1 Å². The number of amides is 1. The van der Waals surface area contributed by atoms with Crippen molar-refractivity contribution in [3.8, 4) is 0 Å². The normalized spacial score (nSPS) is 19.4. The van der Waals surface area contributed by atoms with Crippen molar-refractivity contribution in [2.24, 2.45) is 5.41 Å². The standard InChI is InChI=1S/C20H27N5O.2ClH/c1-3-24-12-11-22-17(24)14-25(16-13-20(16)6-9-21-10-7-20)19(26)18-15(2)5-4-8-23-18;;/h4-5,8,11-12,16,21H,3,6-7,9-10,13-14H2,1-2H3;2*1H. The highest BCUT2D eigenvalue weighted by molar-refractivity contribution is 5.94. The van der Waals surface area contributed by atoms with Crippen LogP contribution in [0.5, 0.6) is 0 Å². The predicted octanol–water partition coefficient (Wildman–Crippen LogP) is 3.23. The number of halogens is 2. The minimum absolute atomic E-state index is 0. The van der Waals surface area contributed by atoms with E-state index in [9.17, 15) is 4.79 Å². The van der Waals surface area contributed by atoms with Crippen molar-refractivity contribution in [3.05, 3.63) is 47.8 Å². The monoisotopic (exact) mass is 425 g/mol. The van der Waals surface area contributed by atoms with Gasteiger partial charge in [0.1, 0.15) is 11.5 Å². The zero-order valence-corrected chi connectivity index (χ0v) is 18.1. The molecule has 1 N–H and O–H groups in total. The molecule has 2 aromatic rings. The SMILES string of the molecule is CCn1ccnc1CN(C(=O)c1ncccc1C)C1CC12CCNCC2.Cl.Cl. The number of hydrogen-bond acceptors (Lipinski definition) is 4. The number of hydrogen-bond donors (Lipinski definition) is 1. The molecule has 0 bridgehead atoms. The highest BCUT2D eigenvalue weighted by atomic mass is 35.5. The Hall–Kier alpha value is -1.63. The van der Waals surface area contributed by atoms with Gasteiger partial charge in [0.2, 0.25) is 0 Å². The molecule has 2 fully saturated rings. The van der Waals surface area contributed by atoms with E-state index in [-0.39, 0.29) is 36.1 Å². The summed E-state index contributed by atoms with van der Waals surface area (Å²) in [5.74, 6) is 0.986. The van der Waals surface area contributed by atoms with Crippen LogP contribution in [-0.4, -0.2) is 44.5 Å². The van der Waals surface area contributed by atoms with E-state index in [1.54, 1.807) is 6.20 Å². The molecule has 1 spiro atoms. The molecule has 1 aliphatic carbocycles. The molecule has 2 aromatic heterocycles. The summed E-state index contributed by atoms with van der Waals surface area (Å²) in [4.78, 5) is 24.3. The summed E-state index contributed by atoms with van der Waals surface area (Å²) in [6, 6.07) is 4.13. The van der Waals surface area contributed by atoms with Crippen LogP contribution < -0.4 is 5.32 Å². The Bertz CT molecular complexity index is 803. The lowest BCUT2D eigenvalue weighted by Crippen LogP contribution is -2.40. The van der Waals surface area contributed by atoms with Gasteiger partial charge >= 0.3 is 0 Å². The van der Waals surface area contributed by atoms with E-state index in [4.69, 9.17) is 0 Å². The minimum atomic E-state index is 0. The molecule has 1 saturated heterocycles. The fourth-order valence-electron chi connectivity index (χ4n) is 4.33. The maximum Gasteiger partial charge on any atom is 0.273 e. The molecule has 1 aliphatic heterocycles. The number of aryl methyl sites for hydroxylation is 2. The summed E-state index contributed by atoms with van der Waals surface area (Å²) in [6.45, 7) is 7.56. The van der Waals surface area contributed by atoms with Gasteiger partial charge in [-0.2, -0.15) is 0 Å². The van der Waals surface area contributed by atoms with Crippen molar-refractivity contribution >= 4 is 30.7 Å². The van der Waals surface area contributed by atoms with Gasteiger partial charge in [0, 0.05) is 31.2 Å². The van der Waals surface area contributed by atoms with Crippen molar-refractivity contribution in [2.45, 2.75) is 52.2 Å². The van der Waals surface area contributed by atoms with Crippen LogP contribution in [0.1, 0.15) is 48.1 Å².